The Bertz CT molecular complexity index is 291. The molecule has 72 valence electrons. The van der Waals surface area contributed by atoms with E-state index < -0.39 is 0 Å². The Balaban J connectivity index is 2.44. The SMILES string of the molecule is Cc1ccc(CC(C)CC(N)=S)s1. The molecule has 1 aromatic rings. The van der Waals surface area contributed by atoms with Crippen LogP contribution in [0.1, 0.15) is 23.1 Å². The summed E-state index contributed by atoms with van der Waals surface area (Å²) in [6.07, 6.45) is 1.95. The number of thiophene rings is 1. The Morgan fingerprint density at radius 1 is 1.62 bits per heavy atom. The van der Waals surface area contributed by atoms with Gasteiger partial charge in [-0.05, 0) is 31.4 Å². The Labute approximate surface area is 89.0 Å². The molecule has 0 aliphatic carbocycles. The maximum Gasteiger partial charge on any atom is 0.0730 e. The van der Waals surface area contributed by atoms with Gasteiger partial charge in [0.1, 0.15) is 0 Å². The Hall–Kier alpha value is -0.410. The Morgan fingerprint density at radius 2 is 2.31 bits per heavy atom. The second-order valence-corrected chi connectivity index (χ2v) is 5.39. The molecule has 1 heterocycles. The first-order valence-electron chi connectivity index (χ1n) is 4.41. The third-order valence-electron chi connectivity index (χ3n) is 1.90. The van der Waals surface area contributed by atoms with Crippen LogP contribution in [0.5, 0.6) is 0 Å². The van der Waals surface area contributed by atoms with Gasteiger partial charge in [-0.3, -0.25) is 0 Å². The van der Waals surface area contributed by atoms with Crippen molar-refractivity contribution in [3.05, 3.63) is 21.9 Å². The molecular formula is C10H15NS2. The highest BCUT2D eigenvalue weighted by atomic mass is 32.1. The van der Waals surface area contributed by atoms with Gasteiger partial charge in [-0.1, -0.05) is 19.1 Å². The minimum atomic E-state index is 0.565. The third kappa shape index (κ3) is 3.87. The highest BCUT2D eigenvalue weighted by Gasteiger charge is 2.06. The number of aryl methyl sites for hydroxylation is 1. The van der Waals surface area contributed by atoms with Crippen molar-refractivity contribution in [2.45, 2.75) is 26.7 Å². The predicted molar refractivity (Wildman–Crippen MR) is 63.3 cm³/mol. The summed E-state index contributed by atoms with van der Waals surface area (Å²) in [5.74, 6) is 0.565. The lowest BCUT2D eigenvalue weighted by molar-refractivity contribution is 0.613. The molecule has 1 aromatic heterocycles. The van der Waals surface area contributed by atoms with Crippen molar-refractivity contribution >= 4 is 28.5 Å². The van der Waals surface area contributed by atoms with Gasteiger partial charge in [-0.25, -0.2) is 0 Å². The first-order chi connectivity index (χ1) is 6.08. The highest BCUT2D eigenvalue weighted by Crippen LogP contribution is 2.20. The van der Waals surface area contributed by atoms with E-state index in [9.17, 15) is 0 Å². The van der Waals surface area contributed by atoms with Crippen molar-refractivity contribution in [1.29, 1.82) is 0 Å². The van der Waals surface area contributed by atoms with E-state index in [-0.39, 0.29) is 0 Å². The molecule has 2 N–H and O–H groups in total. The fraction of sp³-hybridized carbons (Fsp3) is 0.500. The van der Waals surface area contributed by atoms with E-state index in [1.54, 1.807) is 0 Å². The third-order valence-corrected chi connectivity index (χ3v) is 3.08. The number of hydrogen-bond acceptors (Lipinski definition) is 2. The average molecular weight is 213 g/mol. The quantitative estimate of drug-likeness (QED) is 0.778. The lowest BCUT2D eigenvalue weighted by atomic mass is 10.0. The standard InChI is InChI=1S/C10H15NS2/c1-7(6-10(11)12)5-9-4-3-8(2)13-9/h3-4,7H,5-6H2,1-2H3,(H2,11,12). The molecule has 0 radical (unpaired) electrons. The summed E-state index contributed by atoms with van der Waals surface area (Å²) in [7, 11) is 0. The molecule has 0 fully saturated rings. The summed E-state index contributed by atoms with van der Waals surface area (Å²) < 4.78 is 0. The van der Waals surface area contributed by atoms with E-state index in [1.807, 2.05) is 11.3 Å². The van der Waals surface area contributed by atoms with Crippen LogP contribution in [0, 0.1) is 12.8 Å². The second kappa shape index (κ2) is 4.72. The molecule has 1 rings (SSSR count). The number of rotatable bonds is 4. The molecule has 1 unspecified atom stereocenters. The van der Waals surface area contributed by atoms with E-state index in [0.29, 0.717) is 10.9 Å². The van der Waals surface area contributed by atoms with Gasteiger partial charge in [-0.15, -0.1) is 11.3 Å². The van der Waals surface area contributed by atoms with E-state index in [1.165, 1.54) is 9.75 Å². The van der Waals surface area contributed by atoms with Crippen molar-refractivity contribution < 1.29 is 0 Å². The molecule has 1 atom stereocenters. The summed E-state index contributed by atoms with van der Waals surface area (Å²) in [4.78, 5) is 3.43. The van der Waals surface area contributed by atoms with Crippen LogP contribution in [0.25, 0.3) is 0 Å². The number of hydrogen-bond donors (Lipinski definition) is 1. The van der Waals surface area contributed by atoms with Gasteiger partial charge in [0.15, 0.2) is 0 Å². The predicted octanol–water partition coefficient (Wildman–Crippen LogP) is 2.91. The first-order valence-corrected chi connectivity index (χ1v) is 5.64. The molecule has 0 aliphatic heterocycles. The molecule has 0 aromatic carbocycles. The van der Waals surface area contributed by atoms with Crippen molar-refractivity contribution in [2.75, 3.05) is 0 Å². The van der Waals surface area contributed by atoms with Gasteiger partial charge in [0.2, 0.25) is 0 Å². The molecule has 0 amide bonds. The number of thiocarbonyl (C=S) groups is 1. The lowest BCUT2D eigenvalue weighted by Gasteiger charge is -2.07. The smallest absolute Gasteiger partial charge is 0.0730 e. The molecule has 0 saturated heterocycles. The summed E-state index contributed by atoms with van der Waals surface area (Å²) in [5, 5.41) is 0. The van der Waals surface area contributed by atoms with Crippen LogP contribution in [-0.4, -0.2) is 4.99 Å². The molecule has 0 saturated carbocycles. The lowest BCUT2D eigenvalue weighted by Crippen LogP contribution is -2.13. The van der Waals surface area contributed by atoms with Gasteiger partial charge < -0.3 is 5.73 Å². The van der Waals surface area contributed by atoms with E-state index in [2.05, 4.69) is 26.0 Å². The zero-order chi connectivity index (χ0) is 9.84. The summed E-state index contributed by atoms with van der Waals surface area (Å²) >= 11 is 6.73. The molecule has 1 nitrogen and oxygen atoms in total. The minimum Gasteiger partial charge on any atom is -0.393 e. The fourth-order valence-electron chi connectivity index (χ4n) is 1.35. The van der Waals surface area contributed by atoms with E-state index >= 15 is 0 Å². The Morgan fingerprint density at radius 3 is 2.77 bits per heavy atom. The molecule has 0 spiro atoms. The number of nitrogens with two attached hydrogens (primary N) is 1. The monoisotopic (exact) mass is 213 g/mol. The molecule has 3 heteroatoms. The average Bonchev–Trinajstić information content (AvgIpc) is 2.33. The first kappa shape index (κ1) is 10.7. The van der Waals surface area contributed by atoms with Crippen LogP contribution in [0.3, 0.4) is 0 Å². The molecular weight excluding hydrogens is 198 g/mol. The van der Waals surface area contributed by atoms with Crippen molar-refractivity contribution in [3.63, 3.8) is 0 Å². The second-order valence-electron chi connectivity index (χ2n) is 3.49. The molecule has 13 heavy (non-hydrogen) atoms. The summed E-state index contributed by atoms with van der Waals surface area (Å²) in [6, 6.07) is 4.35. The van der Waals surface area contributed by atoms with Gasteiger partial charge >= 0.3 is 0 Å². The van der Waals surface area contributed by atoms with Gasteiger partial charge in [0.05, 0.1) is 4.99 Å². The zero-order valence-electron chi connectivity index (χ0n) is 8.04. The minimum absolute atomic E-state index is 0.565. The fourth-order valence-corrected chi connectivity index (χ4v) is 2.69. The highest BCUT2D eigenvalue weighted by molar-refractivity contribution is 7.80. The summed E-state index contributed by atoms with van der Waals surface area (Å²) in [6.45, 7) is 4.32. The Kier molecular flexibility index (Phi) is 3.88. The van der Waals surface area contributed by atoms with Crippen molar-refractivity contribution in [1.82, 2.24) is 0 Å². The van der Waals surface area contributed by atoms with Crippen LogP contribution in [0.4, 0.5) is 0 Å². The van der Waals surface area contributed by atoms with E-state index in [4.69, 9.17) is 18.0 Å². The van der Waals surface area contributed by atoms with Gasteiger partial charge in [0, 0.05) is 16.2 Å². The zero-order valence-corrected chi connectivity index (χ0v) is 9.67. The van der Waals surface area contributed by atoms with Crippen LogP contribution >= 0.6 is 23.6 Å². The van der Waals surface area contributed by atoms with Crippen LogP contribution in [0.15, 0.2) is 12.1 Å². The van der Waals surface area contributed by atoms with Gasteiger partial charge in [0.25, 0.3) is 0 Å². The largest absolute Gasteiger partial charge is 0.393 e. The maximum absolute atomic E-state index is 5.49. The summed E-state index contributed by atoms with van der Waals surface area (Å²) in [5.41, 5.74) is 5.49. The van der Waals surface area contributed by atoms with Crippen LogP contribution < -0.4 is 5.73 Å². The van der Waals surface area contributed by atoms with Crippen LogP contribution in [0.2, 0.25) is 0 Å². The topological polar surface area (TPSA) is 26.0 Å². The van der Waals surface area contributed by atoms with Crippen LogP contribution in [-0.2, 0) is 6.42 Å². The van der Waals surface area contributed by atoms with Crippen molar-refractivity contribution in [3.8, 4) is 0 Å². The van der Waals surface area contributed by atoms with E-state index in [0.717, 1.165) is 12.8 Å². The van der Waals surface area contributed by atoms with Gasteiger partial charge in [-0.2, -0.15) is 0 Å². The van der Waals surface area contributed by atoms with Crippen molar-refractivity contribution in [2.24, 2.45) is 11.7 Å². The molecule has 0 bridgehead atoms. The normalized spacial score (nSPS) is 12.8. The molecule has 0 aliphatic rings. The maximum atomic E-state index is 5.49.